The number of nitrogens with one attached hydrogen (secondary N) is 2. The zero-order chi connectivity index (χ0) is 14.4. The number of likely N-dealkylation sites (N-methyl/N-ethyl adjacent to an activating group) is 1. The van der Waals surface area contributed by atoms with Crippen LogP contribution >= 0.6 is 0 Å². The molecule has 19 heavy (non-hydrogen) atoms. The van der Waals surface area contributed by atoms with Crippen LogP contribution in [0.4, 0.5) is 4.79 Å². The molecule has 0 radical (unpaired) electrons. The monoisotopic (exact) mass is 268 g/mol. The van der Waals surface area contributed by atoms with Gasteiger partial charge in [0.05, 0.1) is 11.7 Å². The molecule has 0 aliphatic carbocycles. The Bertz CT molecular complexity index is 444. The van der Waals surface area contributed by atoms with Crippen molar-refractivity contribution in [2.24, 2.45) is 0 Å². The van der Waals surface area contributed by atoms with Crippen LogP contribution in [0.15, 0.2) is 10.6 Å². The number of carbonyl (C=O) groups excluding carboxylic acids is 2. The van der Waals surface area contributed by atoms with E-state index in [2.05, 4.69) is 15.8 Å². The Kier molecular flexibility index (Phi) is 5.50. The van der Waals surface area contributed by atoms with Crippen LogP contribution in [0.5, 0.6) is 0 Å². The molecule has 0 spiro atoms. The fourth-order valence-corrected chi connectivity index (χ4v) is 1.51. The van der Waals surface area contributed by atoms with Gasteiger partial charge in [0.2, 0.25) is 5.91 Å². The molecule has 0 aliphatic rings. The molecule has 7 nitrogen and oxygen atoms in total. The van der Waals surface area contributed by atoms with Gasteiger partial charge in [-0.15, -0.1) is 0 Å². The van der Waals surface area contributed by atoms with Crippen molar-refractivity contribution >= 4 is 11.9 Å². The molecule has 1 atom stereocenters. The van der Waals surface area contributed by atoms with Gasteiger partial charge in [-0.25, -0.2) is 4.79 Å². The van der Waals surface area contributed by atoms with E-state index in [9.17, 15) is 9.59 Å². The van der Waals surface area contributed by atoms with Crippen molar-refractivity contribution in [1.29, 1.82) is 0 Å². The third-order valence-electron chi connectivity index (χ3n) is 2.70. The summed E-state index contributed by atoms with van der Waals surface area (Å²) in [7, 11) is 1.78. The lowest BCUT2D eigenvalue weighted by Crippen LogP contribution is -2.48. The van der Waals surface area contributed by atoms with E-state index in [-0.39, 0.29) is 5.91 Å². The van der Waals surface area contributed by atoms with E-state index < -0.39 is 12.1 Å². The lowest BCUT2D eigenvalue weighted by molar-refractivity contribution is -0.124. The van der Waals surface area contributed by atoms with Gasteiger partial charge in [-0.05, 0) is 27.8 Å². The highest BCUT2D eigenvalue weighted by molar-refractivity contribution is 5.96. The number of nitrogens with zero attached hydrogens (tertiary/aromatic N) is 2. The number of carbonyl (C=O) groups is 2. The van der Waals surface area contributed by atoms with Crippen LogP contribution in [0.1, 0.15) is 25.3 Å². The van der Waals surface area contributed by atoms with Gasteiger partial charge in [-0.3, -0.25) is 15.0 Å². The quantitative estimate of drug-likeness (QED) is 0.818. The maximum atomic E-state index is 11.8. The molecule has 0 bridgehead atoms. The Morgan fingerprint density at radius 1 is 1.53 bits per heavy atom. The van der Waals surface area contributed by atoms with Crippen molar-refractivity contribution < 1.29 is 14.1 Å². The maximum absolute atomic E-state index is 11.8. The van der Waals surface area contributed by atoms with Crippen LogP contribution in [0.3, 0.4) is 0 Å². The zero-order valence-electron chi connectivity index (χ0n) is 11.7. The van der Waals surface area contributed by atoms with Crippen LogP contribution < -0.4 is 10.6 Å². The molecule has 3 amide bonds. The standard InChI is InChI=1S/C12H20N4O3/c1-5-13-12(18)14-11(17)9(3)16(4)7-10-6-8(2)19-15-10/h6,9H,5,7H2,1-4H3,(H2,13,14,17,18). The summed E-state index contributed by atoms with van der Waals surface area (Å²) in [5, 5.41) is 8.64. The van der Waals surface area contributed by atoms with Crippen molar-refractivity contribution in [3.8, 4) is 0 Å². The van der Waals surface area contributed by atoms with Gasteiger partial charge < -0.3 is 9.84 Å². The first-order chi connectivity index (χ1) is 8.93. The lowest BCUT2D eigenvalue weighted by atomic mass is 10.2. The lowest BCUT2D eigenvalue weighted by Gasteiger charge is -2.22. The van der Waals surface area contributed by atoms with Crippen LogP contribution in [0, 0.1) is 6.92 Å². The number of aryl methyl sites for hydroxylation is 1. The van der Waals surface area contributed by atoms with E-state index in [0.717, 1.165) is 11.5 Å². The molecule has 0 aromatic carbocycles. The molecule has 0 saturated heterocycles. The van der Waals surface area contributed by atoms with Crippen LogP contribution in [0.25, 0.3) is 0 Å². The van der Waals surface area contributed by atoms with Gasteiger partial charge in [-0.1, -0.05) is 5.16 Å². The van der Waals surface area contributed by atoms with Gasteiger partial charge in [0.15, 0.2) is 0 Å². The second kappa shape index (κ2) is 6.89. The van der Waals surface area contributed by atoms with E-state index >= 15 is 0 Å². The first-order valence-corrected chi connectivity index (χ1v) is 6.15. The van der Waals surface area contributed by atoms with Gasteiger partial charge in [-0.2, -0.15) is 0 Å². The predicted octanol–water partition coefficient (Wildman–Crippen LogP) is 0.649. The molecular formula is C12H20N4O3. The Morgan fingerprint density at radius 2 is 2.21 bits per heavy atom. The average molecular weight is 268 g/mol. The number of urea groups is 1. The highest BCUT2D eigenvalue weighted by Crippen LogP contribution is 2.07. The van der Waals surface area contributed by atoms with Gasteiger partial charge in [0, 0.05) is 19.2 Å². The SMILES string of the molecule is CCNC(=O)NC(=O)C(C)N(C)Cc1cc(C)on1. The van der Waals surface area contributed by atoms with Gasteiger partial charge >= 0.3 is 6.03 Å². The summed E-state index contributed by atoms with van der Waals surface area (Å²) in [4.78, 5) is 24.8. The van der Waals surface area contributed by atoms with Crippen LogP contribution in [-0.2, 0) is 11.3 Å². The van der Waals surface area contributed by atoms with Crippen LogP contribution in [0.2, 0.25) is 0 Å². The topological polar surface area (TPSA) is 87.5 Å². The van der Waals surface area contributed by atoms with Crippen LogP contribution in [-0.4, -0.2) is 41.6 Å². The summed E-state index contributed by atoms with van der Waals surface area (Å²) in [5.74, 6) is 0.372. The minimum atomic E-state index is -0.481. The Labute approximate surface area is 112 Å². The summed E-state index contributed by atoms with van der Waals surface area (Å²) in [5.41, 5.74) is 0.748. The molecule has 1 aromatic rings. The Balaban J connectivity index is 2.49. The molecule has 1 heterocycles. The molecule has 1 rings (SSSR count). The summed E-state index contributed by atoms with van der Waals surface area (Å²) in [6.07, 6.45) is 0. The fourth-order valence-electron chi connectivity index (χ4n) is 1.51. The first-order valence-electron chi connectivity index (χ1n) is 6.15. The third-order valence-corrected chi connectivity index (χ3v) is 2.70. The Morgan fingerprint density at radius 3 is 2.74 bits per heavy atom. The molecule has 1 aromatic heterocycles. The number of hydrogen-bond acceptors (Lipinski definition) is 5. The summed E-state index contributed by atoms with van der Waals surface area (Å²) < 4.78 is 4.96. The number of rotatable bonds is 5. The molecular weight excluding hydrogens is 248 g/mol. The van der Waals surface area contributed by atoms with Crippen molar-refractivity contribution in [3.63, 3.8) is 0 Å². The number of imide groups is 1. The van der Waals surface area contributed by atoms with Crippen molar-refractivity contribution in [2.75, 3.05) is 13.6 Å². The number of amides is 3. The summed E-state index contributed by atoms with van der Waals surface area (Å²) >= 11 is 0. The smallest absolute Gasteiger partial charge is 0.321 e. The van der Waals surface area contributed by atoms with E-state index in [1.54, 1.807) is 25.8 Å². The number of hydrogen-bond donors (Lipinski definition) is 2. The molecule has 1 unspecified atom stereocenters. The van der Waals surface area contributed by atoms with E-state index in [4.69, 9.17) is 4.52 Å². The fraction of sp³-hybridized carbons (Fsp3) is 0.583. The number of aromatic nitrogens is 1. The predicted molar refractivity (Wildman–Crippen MR) is 69.4 cm³/mol. The highest BCUT2D eigenvalue weighted by atomic mass is 16.5. The molecule has 0 saturated carbocycles. The zero-order valence-corrected chi connectivity index (χ0v) is 11.7. The summed E-state index contributed by atoms with van der Waals surface area (Å²) in [6.45, 7) is 6.26. The van der Waals surface area contributed by atoms with Crippen molar-refractivity contribution in [2.45, 2.75) is 33.4 Å². The molecule has 0 fully saturated rings. The Hall–Kier alpha value is -1.89. The maximum Gasteiger partial charge on any atom is 0.321 e. The molecule has 7 heteroatoms. The van der Waals surface area contributed by atoms with Gasteiger partial charge in [0.1, 0.15) is 5.76 Å². The van der Waals surface area contributed by atoms with E-state index in [0.29, 0.717) is 13.1 Å². The second-order valence-corrected chi connectivity index (χ2v) is 4.37. The molecule has 2 N–H and O–H groups in total. The van der Waals surface area contributed by atoms with Crippen molar-refractivity contribution in [1.82, 2.24) is 20.7 Å². The minimum Gasteiger partial charge on any atom is -0.361 e. The van der Waals surface area contributed by atoms with E-state index in [1.165, 1.54) is 0 Å². The first kappa shape index (κ1) is 15.2. The highest BCUT2D eigenvalue weighted by Gasteiger charge is 2.20. The van der Waals surface area contributed by atoms with E-state index in [1.807, 2.05) is 13.0 Å². The molecule has 106 valence electrons. The minimum absolute atomic E-state index is 0.353. The largest absolute Gasteiger partial charge is 0.361 e. The molecule has 0 aliphatic heterocycles. The second-order valence-electron chi connectivity index (χ2n) is 4.37. The third kappa shape index (κ3) is 4.70. The normalized spacial score (nSPS) is 12.3. The average Bonchev–Trinajstić information content (AvgIpc) is 2.73. The summed E-state index contributed by atoms with van der Waals surface area (Å²) in [6, 6.07) is 0.884. The van der Waals surface area contributed by atoms with Gasteiger partial charge in [0.25, 0.3) is 0 Å². The van der Waals surface area contributed by atoms with Crippen molar-refractivity contribution in [3.05, 3.63) is 17.5 Å².